The zero-order chi connectivity index (χ0) is 16.1. The van der Waals surface area contributed by atoms with Crippen LogP contribution in [-0.4, -0.2) is 39.4 Å². The minimum Gasteiger partial charge on any atom is -0.419 e. The number of aromatic nitrogens is 2. The van der Waals surface area contributed by atoms with E-state index in [1.165, 1.54) is 31.4 Å². The lowest BCUT2D eigenvalue weighted by atomic mass is 9.94. The Morgan fingerprint density at radius 2 is 1.87 bits per heavy atom. The van der Waals surface area contributed by atoms with Crippen LogP contribution in [0.2, 0.25) is 0 Å². The SMILES string of the molecule is OCCN(Cc1nnc(-c2ccc(F)cc2)o1)C1CCCCC1. The standard InChI is InChI=1S/C17H22FN3O2/c18-14-8-6-13(7-9-14)17-20-19-16(23-17)12-21(10-11-22)15-4-2-1-3-5-15/h6-9,15,22H,1-5,10-12H2. The fourth-order valence-electron chi connectivity index (χ4n) is 3.17. The van der Waals surface area contributed by atoms with Crippen LogP contribution in [0.1, 0.15) is 38.0 Å². The van der Waals surface area contributed by atoms with E-state index in [2.05, 4.69) is 15.1 Å². The third-order valence-electron chi connectivity index (χ3n) is 4.37. The molecule has 124 valence electrons. The van der Waals surface area contributed by atoms with Crippen LogP contribution in [-0.2, 0) is 6.54 Å². The molecule has 1 fully saturated rings. The molecule has 1 N–H and O–H groups in total. The lowest BCUT2D eigenvalue weighted by Gasteiger charge is -2.32. The van der Waals surface area contributed by atoms with Crippen molar-refractivity contribution in [2.75, 3.05) is 13.2 Å². The molecule has 6 heteroatoms. The summed E-state index contributed by atoms with van der Waals surface area (Å²) in [6.07, 6.45) is 6.06. The quantitative estimate of drug-likeness (QED) is 0.887. The van der Waals surface area contributed by atoms with E-state index in [0.29, 0.717) is 36.5 Å². The van der Waals surface area contributed by atoms with Gasteiger partial charge >= 0.3 is 0 Å². The zero-order valence-corrected chi connectivity index (χ0v) is 13.1. The van der Waals surface area contributed by atoms with Crippen molar-refractivity contribution in [2.45, 2.75) is 44.7 Å². The fourth-order valence-corrected chi connectivity index (χ4v) is 3.17. The van der Waals surface area contributed by atoms with Gasteiger partial charge in [-0.15, -0.1) is 10.2 Å². The van der Waals surface area contributed by atoms with E-state index in [4.69, 9.17) is 4.42 Å². The van der Waals surface area contributed by atoms with Crippen molar-refractivity contribution in [1.29, 1.82) is 0 Å². The van der Waals surface area contributed by atoms with Gasteiger partial charge in [0, 0.05) is 18.2 Å². The summed E-state index contributed by atoms with van der Waals surface area (Å²) in [5, 5.41) is 17.5. The molecular formula is C17H22FN3O2. The third kappa shape index (κ3) is 4.14. The molecule has 1 aliphatic carbocycles. The van der Waals surface area contributed by atoms with Gasteiger partial charge in [-0.1, -0.05) is 19.3 Å². The zero-order valence-electron chi connectivity index (χ0n) is 13.1. The molecule has 1 aromatic heterocycles. The van der Waals surface area contributed by atoms with E-state index < -0.39 is 0 Å². The summed E-state index contributed by atoms with van der Waals surface area (Å²) in [5.74, 6) is 0.635. The summed E-state index contributed by atoms with van der Waals surface area (Å²) in [6.45, 7) is 1.27. The summed E-state index contributed by atoms with van der Waals surface area (Å²) < 4.78 is 18.7. The first kappa shape index (κ1) is 16.1. The van der Waals surface area contributed by atoms with E-state index in [-0.39, 0.29) is 12.4 Å². The van der Waals surface area contributed by atoms with Crippen LogP contribution in [0, 0.1) is 5.82 Å². The Labute approximate surface area is 135 Å². The maximum Gasteiger partial charge on any atom is 0.247 e. The van der Waals surface area contributed by atoms with Crippen LogP contribution in [0.3, 0.4) is 0 Å². The lowest BCUT2D eigenvalue weighted by molar-refractivity contribution is 0.108. The predicted molar refractivity (Wildman–Crippen MR) is 84.1 cm³/mol. The average Bonchev–Trinajstić information content (AvgIpc) is 3.04. The summed E-state index contributed by atoms with van der Waals surface area (Å²) in [4.78, 5) is 2.22. The highest BCUT2D eigenvalue weighted by Gasteiger charge is 2.22. The smallest absolute Gasteiger partial charge is 0.247 e. The van der Waals surface area contributed by atoms with Crippen molar-refractivity contribution in [1.82, 2.24) is 15.1 Å². The molecule has 5 nitrogen and oxygen atoms in total. The summed E-state index contributed by atoms with van der Waals surface area (Å²) in [5.41, 5.74) is 0.705. The molecule has 3 rings (SSSR count). The van der Waals surface area contributed by atoms with Crippen LogP contribution in [0.5, 0.6) is 0 Å². The highest BCUT2D eigenvalue weighted by atomic mass is 19.1. The van der Waals surface area contributed by atoms with Crippen molar-refractivity contribution in [3.8, 4) is 11.5 Å². The molecular weight excluding hydrogens is 297 g/mol. The number of hydrogen-bond donors (Lipinski definition) is 1. The predicted octanol–water partition coefficient (Wildman–Crippen LogP) is 3.00. The first-order valence-electron chi connectivity index (χ1n) is 8.19. The Bertz CT molecular complexity index is 609. The Morgan fingerprint density at radius 3 is 2.57 bits per heavy atom. The Kier molecular flexibility index (Phi) is 5.35. The monoisotopic (exact) mass is 319 g/mol. The summed E-state index contributed by atoms with van der Waals surface area (Å²) in [7, 11) is 0. The van der Waals surface area contributed by atoms with Gasteiger partial charge < -0.3 is 9.52 Å². The Hall–Kier alpha value is -1.79. The van der Waals surface area contributed by atoms with E-state index in [9.17, 15) is 9.50 Å². The van der Waals surface area contributed by atoms with Crippen LogP contribution < -0.4 is 0 Å². The number of hydrogen-bond acceptors (Lipinski definition) is 5. The number of aliphatic hydroxyl groups excluding tert-OH is 1. The molecule has 1 saturated carbocycles. The van der Waals surface area contributed by atoms with Gasteiger partial charge in [0.1, 0.15) is 5.82 Å². The van der Waals surface area contributed by atoms with E-state index in [1.807, 2.05) is 0 Å². The average molecular weight is 319 g/mol. The molecule has 0 unspecified atom stereocenters. The molecule has 1 aliphatic rings. The Morgan fingerprint density at radius 1 is 1.13 bits per heavy atom. The number of nitrogens with zero attached hydrogens (tertiary/aromatic N) is 3. The van der Waals surface area contributed by atoms with Crippen molar-refractivity contribution >= 4 is 0 Å². The molecule has 0 atom stereocenters. The second-order valence-electron chi connectivity index (χ2n) is 5.99. The largest absolute Gasteiger partial charge is 0.419 e. The first-order chi connectivity index (χ1) is 11.3. The highest BCUT2D eigenvalue weighted by molar-refractivity contribution is 5.51. The van der Waals surface area contributed by atoms with Crippen molar-refractivity contribution in [3.63, 3.8) is 0 Å². The molecule has 0 saturated heterocycles. The molecule has 2 aromatic rings. The van der Waals surface area contributed by atoms with Gasteiger partial charge in [-0.3, -0.25) is 4.90 Å². The van der Waals surface area contributed by atoms with Gasteiger partial charge in [-0.2, -0.15) is 0 Å². The van der Waals surface area contributed by atoms with Gasteiger partial charge in [0.15, 0.2) is 0 Å². The number of halogens is 1. The minimum absolute atomic E-state index is 0.120. The van der Waals surface area contributed by atoms with Crippen LogP contribution in [0.25, 0.3) is 11.5 Å². The van der Waals surface area contributed by atoms with Crippen molar-refractivity contribution < 1.29 is 13.9 Å². The second-order valence-corrected chi connectivity index (χ2v) is 5.99. The van der Waals surface area contributed by atoms with Gasteiger partial charge in [-0.05, 0) is 37.1 Å². The van der Waals surface area contributed by atoms with E-state index in [1.54, 1.807) is 12.1 Å². The molecule has 0 spiro atoms. The second kappa shape index (κ2) is 7.66. The number of benzene rings is 1. The van der Waals surface area contributed by atoms with E-state index in [0.717, 1.165) is 12.8 Å². The molecule has 23 heavy (non-hydrogen) atoms. The summed E-state index contributed by atoms with van der Waals surface area (Å²) in [6, 6.07) is 6.47. The maximum atomic E-state index is 13.0. The maximum absolute atomic E-state index is 13.0. The highest BCUT2D eigenvalue weighted by Crippen LogP contribution is 2.24. The topological polar surface area (TPSA) is 62.4 Å². The molecule has 0 bridgehead atoms. The first-order valence-corrected chi connectivity index (χ1v) is 8.19. The fraction of sp³-hybridized carbons (Fsp3) is 0.529. The molecule has 0 radical (unpaired) electrons. The molecule has 0 amide bonds. The van der Waals surface area contributed by atoms with Gasteiger partial charge in [0.05, 0.1) is 13.2 Å². The number of rotatable bonds is 6. The summed E-state index contributed by atoms with van der Waals surface area (Å²) >= 11 is 0. The number of aliphatic hydroxyl groups is 1. The van der Waals surface area contributed by atoms with E-state index >= 15 is 0 Å². The molecule has 0 aliphatic heterocycles. The Balaban J connectivity index is 1.69. The third-order valence-corrected chi connectivity index (χ3v) is 4.37. The lowest BCUT2D eigenvalue weighted by Crippen LogP contribution is -2.38. The molecule has 1 aromatic carbocycles. The minimum atomic E-state index is -0.292. The van der Waals surface area contributed by atoms with Crippen LogP contribution in [0.15, 0.2) is 28.7 Å². The van der Waals surface area contributed by atoms with Crippen LogP contribution >= 0.6 is 0 Å². The van der Waals surface area contributed by atoms with Crippen molar-refractivity contribution in [2.24, 2.45) is 0 Å². The van der Waals surface area contributed by atoms with Crippen molar-refractivity contribution in [3.05, 3.63) is 36.0 Å². The normalized spacial score (nSPS) is 16.1. The van der Waals surface area contributed by atoms with Gasteiger partial charge in [0.2, 0.25) is 11.8 Å². The molecule has 1 heterocycles. The van der Waals surface area contributed by atoms with Gasteiger partial charge in [0.25, 0.3) is 0 Å². The van der Waals surface area contributed by atoms with Crippen LogP contribution in [0.4, 0.5) is 4.39 Å². The van der Waals surface area contributed by atoms with Gasteiger partial charge in [-0.25, -0.2) is 4.39 Å².